The smallest absolute Gasteiger partial charge is 0.0509 e. The van der Waals surface area contributed by atoms with Crippen molar-refractivity contribution in [2.24, 2.45) is 5.92 Å². The van der Waals surface area contributed by atoms with Crippen LogP contribution in [-0.4, -0.2) is 24.2 Å². The van der Waals surface area contributed by atoms with E-state index in [0.717, 1.165) is 13.2 Å². The quantitative estimate of drug-likeness (QED) is 0.844. The van der Waals surface area contributed by atoms with Crippen LogP contribution >= 0.6 is 0 Å². The molecule has 2 heterocycles. The molecule has 1 saturated heterocycles. The summed E-state index contributed by atoms with van der Waals surface area (Å²) in [6.07, 6.45) is 4.91. The molecule has 3 nitrogen and oxygen atoms in total. The minimum Gasteiger partial charge on any atom is -0.381 e. The largest absolute Gasteiger partial charge is 0.381 e. The van der Waals surface area contributed by atoms with Crippen molar-refractivity contribution >= 4 is 0 Å². The van der Waals surface area contributed by atoms with Crippen molar-refractivity contribution in [2.45, 2.75) is 32.4 Å². The molecule has 3 heteroatoms. The fourth-order valence-electron chi connectivity index (χ4n) is 2.21. The number of ether oxygens (including phenoxy) is 1. The molecule has 1 aromatic heterocycles. The number of pyridine rings is 1. The Kier molecular flexibility index (Phi) is 3.91. The van der Waals surface area contributed by atoms with E-state index in [1.165, 1.54) is 12.0 Å². The predicted molar refractivity (Wildman–Crippen MR) is 64.2 cm³/mol. The van der Waals surface area contributed by atoms with Crippen LogP contribution < -0.4 is 5.32 Å². The molecule has 0 spiro atoms. The highest BCUT2D eigenvalue weighted by molar-refractivity contribution is 5.13. The molecule has 0 amide bonds. The van der Waals surface area contributed by atoms with Gasteiger partial charge in [-0.2, -0.15) is 0 Å². The first kappa shape index (κ1) is 11.6. The highest BCUT2D eigenvalue weighted by atomic mass is 16.5. The van der Waals surface area contributed by atoms with Gasteiger partial charge in [-0.3, -0.25) is 4.98 Å². The summed E-state index contributed by atoms with van der Waals surface area (Å²) < 4.78 is 5.41. The Hall–Kier alpha value is -0.930. The number of nitrogens with one attached hydrogen (secondary N) is 1. The third-order valence-electron chi connectivity index (χ3n) is 3.37. The SMILES string of the molecule is CC(N[C@@H](C)c1cccnc1)C1CCOC1. The molecule has 2 rings (SSSR count). The average Bonchev–Trinajstić information content (AvgIpc) is 2.83. The van der Waals surface area contributed by atoms with Gasteiger partial charge in [-0.15, -0.1) is 0 Å². The fourth-order valence-corrected chi connectivity index (χ4v) is 2.21. The minimum atomic E-state index is 0.351. The van der Waals surface area contributed by atoms with Crippen LogP contribution in [0.3, 0.4) is 0 Å². The van der Waals surface area contributed by atoms with Crippen LogP contribution in [0.15, 0.2) is 24.5 Å². The molecule has 2 unspecified atom stereocenters. The highest BCUT2D eigenvalue weighted by Crippen LogP contribution is 2.19. The van der Waals surface area contributed by atoms with E-state index in [1.807, 2.05) is 18.5 Å². The monoisotopic (exact) mass is 220 g/mol. The summed E-state index contributed by atoms with van der Waals surface area (Å²) in [6.45, 7) is 6.24. The van der Waals surface area contributed by atoms with E-state index in [9.17, 15) is 0 Å². The van der Waals surface area contributed by atoms with E-state index < -0.39 is 0 Å². The van der Waals surface area contributed by atoms with Crippen LogP contribution in [0, 0.1) is 5.92 Å². The zero-order valence-electron chi connectivity index (χ0n) is 10.0. The number of hydrogen-bond acceptors (Lipinski definition) is 3. The van der Waals surface area contributed by atoms with Crippen LogP contribution in [0.5, 0.6) is 0 Å². The molecular formula is C13H20N2O. The Labute approximate surface area is 97.2 Å². The molecule has 1 aliphatic heterocycles. The average molecular weight is 220 g/mol. The van der Waals surface area contributed by atoms with Gasteiger partial charge >= 0.3 is 0 Å². The molecule has 1 aromatic rings. The lowest BCUT2D eigenvalue weighted by molar-refractivity contribution is 0.177. The van der Waals surface area contributed by atoms with Crippen LogP contribution in [-0.2, 0) is 4.74 Å². The summed E-state index contributed by atoms with van der Waals surface area (Å²) in [7, 11) is 0. The van der Waals surface area contributed by atoms with E-state index >= 15 is 0 Å². The normalized spacial score (nSPS) is 24.2. The standard InChI is InChI=1S/C13H20N2O/c1-10(12-4-3-6-14-8-12)15-11(2)13-5-7-16-9-13/h3-4,6,8,10-11,13,15H,5,7,9H2,1-2H3/t10-,11?,13?/m0/s1. The third-order valence-corrected chi connectivity index (χ3v) is 3.37. The van der Waals surface area contributed by atoms with Crippen molar-refractivity contribution < 1.29 is 4.74 Å². The molecule has 3 atom stereocenters. The maximum atomic E-state index is 5.41. The Bertz CT molecular complexity index is 309. The number of rotatable bonds is 4. The van der Waals surface area contributed by atoms with Crippen LogP contribution in [0.1, 0.15) is 31.9 Å². The summed E-state index contributed by atoms with van der Waals surface area (Å²) in [5.41, 5.74) is 1.24. The van der Waals surface area contributed by atoms with Crippen molar-refractivity contribution in [3.05, 3.63) is 30.1 Å². The number of hydrogen-bond donors (Lipinski definition) is 1. The van der Waals surface area contributed by atoms with E-state index in [4.69, 9.17) is 4.74 Å². The first-order chi connectivity index (χ1) is 7.77. The predicted octanol–water partition coefficient (Wildman–Crippen LogP) is 2.16. The van der Waals surface area contributed by atoms with E-state index in [1.54, 1.807) is 0 Å². The first-order valence-corrected chi connectivity index (χ1v) is 6.01. The Morgan fingerprint density at radius 1 is 1.50 bits per heavy atom. The van der Waals surface area contributed by atoms with Crippen molar-refractivity contribution in [3.8, 4) is 0 Å². The lowest BCUT2D eigenvalue weighted by Crippen LogP contribution is -2.35. The molecule has 1 fully saturated rings. The molecule has 0 aliphatic carbocycles. The molecule has 0 saturated carbocycles. The molecule has 88 valence electrons. The topological polar surface area (TPSA) is 34.2 Å². The molecule has 16 heavy (non-hydrogen) atoms. The zero-order chi connectivity index (χ0) is 11.4. The maximum Gasteiger partial charge on any atom is 0.0509 e. The van der Waals surface area contributed by atoms with E-state index in [2.05, 4.69) is 30.2 Å². The summed E-state index contributed by atoms with van der Waals surface area (Å²) in [5, 5.41) is 3.62. The summed E-state index contributed by atoms with van der Waals surface area (Å²) >= 11 is 0. The number of aromatic nitrogens is 1. The van der Waals surface area contributed by atoms with Gasteiger partial charge in [-0.1, -0.05) is 6.07 Å². The van der Waals surface area contributed by atoms with Gasteiger partial charge in [0, 0.05) is 31.1 Å². The lowest BCUT2D eigenvalue weighted by atomic mass is 9.99. The van der Waals surface area contributed by atoms with Gasteiger partial charge in [0.15, 0.2) is 0 Å². The molecule has 0 aromatic carbocycles. The van der Waals surface area contributed by atoms with Crippen molar-refractivity contribution in [3.63, 3.8) is 0 Å². The maximum absolute atomic E-state index is 5.41. The van der Waals surface area contributed by atoms with Crippen LogP contribution in [0.2, 0.25) is 0 Å². The second-order valence-electron chi connectivity index (χ2n) is 4.59. The van der Waals surface area contributed by atoms with Gasteiger partial charge in [-0.05, 0) is 37.8 Å². The molecular weight excluding hydrogens is 200 g/mol. The van der Waals surface area contributed by atoms with Crippen molar-refractivity contribution in [1.29, 1.82) is 0 Å². The minimum absolute atomic E-state index is 0.351. The van der Waals surface area contributed by atoms with Crippen LogP contribution in [0.25, 0.3) is 0 Å². The summed E-state index contributed by atoms with van der Waals surface area (Å²) in [5.74, 6) is 0.652. The van der Waals surface area contributed by atoms with Crippen LogP contribution in [0.4, 0.5) is 0 Å². The first-order valence-electron chi connectivity index (χ1n) is 6.01. The highest BCUT2D eigenvalue weighted by Gasteiger charge is 2.23. The van der Waals surface area contributed by atoms with Gasteiger partial charge in [0.25, 0.3) is 0 Å². The van der Waals surface area contributed by atoms with Gasteiger partial charge in [0.1, 0.15) is 0 Å². The van der Waals surface area contributed by atoms with E-state index in [-0.39, 0.29) is 0 Å². The number of nitrogens with zero attached hydrogens (tertiary/aromatic N) is 1. The lowest BCUT2D eigenvalue weighted by Gasteiger charge is -2.24. The molecule has 0 bridgehead atoms. The fraction of sp³-hybridized carbons (Fsp3) is 0.615. The second-order valence-corrected chi connectivity index (χ2v) is 4.59. The van der Waals surface area contributed by atoms with Gasteiger partial charge < -0.3 is 10.1 Å². The van der Waals surface area contributed by atoms with E-state index in [0.29, 0.717) is 18.0 Å². The second kappa shape index (κ2) is 5.41. The zero-order valence-corrected chi connectivity index (χ0v) is 10.0. The van der Waals surface area contributed by atoms with Crippen molar-refractivity contribution in [2.75, 3.05) is 13.2 Å². The van der Waals surface area contributed by atoms with Gasteiger partial charge in [0.05, 0.1) is 6.61 Å². The summed E-state index contributed by atoms with van der Waals surface area (Å²) in [4.78, 5) is 4.15. The summed E-state index contributed by atoms with van der Waals surface area (Å²) in [6, 6.07) is 4.95. The Morgan fingerprint density at radius 3 is 3.00 bits per heavy atom. The Balaban J connectivity index is 1.89. The molecule has 1 N–H and O–H groups in total. The van der Waals surface area contributed by atoms with Crippen molar-refractivity contribution in [1.82, 2.24) is 10.3 Å². The van der Waals surface area contributed by atoms with Gasteiger partial charge in [0.2, 0.25) is 0 Å². The third kappa shape index (κ3) is 2.80. The van der Waals surface area contributed by atoms with Gasteiger partial charge in [-0.25, -0.2) is 0 Å². The Morgan fingerprint density at radius 2 is 2.38 bits per heavy atom. The molecule has 0 radical (unpaired) electrons. The molecule has 1 aliphatic rings.